The summed E-state index contributed by atoms with van der Waals surface area (Å²) >= 11 is 3.71. The molecule has 2 aliphatic rings. The lowest BCUT2D eigenvalue weighted by atomic mass is 10.0. The zero-order valence-electron chi connectivity index (χ0n) is 24.9. The van der Waals surface area contributed by atoms with E-state index in [1.807, 2.05) is 26.0 Å². The molecule has 2 heterocycles. The van der Waals surface area contributed by atoms with Crippen molar-refractivity contribution in [3.63, 3.8) is 0 Å². The third kappa shape index (κ3) is 7.83. The molecule has 0 amide bonds. The molecule has 216 valence electrons. The van der Waals surface area contributed by atoms with Gasteiger partial charge in [0.1, 0.15) is 17.7 Å². The number of unbranched alkanes of at least 4 members (excludes halogenated alkanes) is 2. The molecule has 4 rings (SSSR count). The fourth-order valence-electron chi connectivity index (χ4n) is 5.19. The molecule has 3 N–H and O–H groups in total. The van der Waals surface area contributed by atoms with Gasteiger partial charge in [0.25, 0.3) is 0 Å². The second-order valence-corrected chi connectivity index (χ2v) is 11.0. The Morgan fingerprint density at radius 2 is 1.79 bits per heavy atom. The molecule has 8 heteroatoms. The van der Waals surface area contributed by atoms with Crippen LogP contribution in [0.15, 0.2) is 46.6 Å². The maximum Gasteiger partial charge on any atom is 0.127 e. The Bertz CT molecular complexity index is 1090. The molecule has 39 heavy (non-hydrogen) atoms. The van der Waals surface area contributed by atoms with Crippen LogP contribution in [0.3, 0.4) is 0 Å². The normalized spacial score (nSPS) is 17.6. The first-order valence-electron chi connectivity index (χ1n) is 14.4. The molecule has 2 aromatic carbocycles. The molecule has 0 bridgehead atoms. The first-order valence-corrected chi connectivity index (χ1v) is 15.2. The lowest BCUT2D eigenvalue weighted by Gasteiger charge is -2.33. The van der Waals surface area contributed by atoms with Gasteiger partial charge in [0.2, 0.25) is 0 Å². The highest BCUT2D eigenvalue weighted by molar-refractivity contribution is 9.10. The molecule has 0 aromatic heterocycles. The monoisotopic (exact) mass is 601 g/mol. The molecular weight excluding hydrogens is 554 g/mol. The van der Waals surface area contributed by atoms with Gasteiger partial charge in [0, 0.05) is 40.4 Å². The summed E-state index contributed by atoms with van der Waals surface area (Å²) in [5.74, 6) is 1.62. The van der Waals surface area contributed by atoms with E-state index < -0.39 is 0 Å². The highest BCUT2D eigenvalue weighted by Gasteiger charge is 2.38. The second kappa shape index (κ2) is 15.4. The van der Waals surface area contributed by atoms with Crippen LogP contribution in [-0.4, -0.2) is 63.5 Å². The van der Waals surface area contributed by atoms with E-state index in [1.165, 1.54) is 36.2 Å². The maximum atomic E-state index is 5.65. The SMILES string of the molecule is CC.CCCCC1NC2=C(c3cc(Br)ccc3NC2NCc2ccc(OC)cc2OC)N1CCCCN(C)C. The van der Waals surface area contributed by atoms with Gasteiger partial charge in [0.05, 0.1) is 31.8 Å². The topological polar surface area (TPSA) is 61.0 Å². The van der Waals surface area contributed by atoms with E-state index in [9.17, 15) is 0 Å². The first-order chi connectivity index (χ1) is 18.9. The first kappa shape index (κ1) is 31.1. The van der Waals surface area contributed by atoms with Gasteiger partial charge < -0.3 is 29.9 Å². The van der Waals surface area contributed by atoms with Gasteiger partial charge in [-0.3, -0.25) is 5.32 Å². The Labute approximate surface area is 244 Å². The Balaban J connectivity index is 0.00000205. The van der Waals surface area contributed by atoms with Crippen molar-refractivity contribution in [1.82, 2.24) is 20.4 Å². The van der Waals surface area contributed by atoms with E-state index in [2.05, 4.69) is 87.0 Å². The summed E-state index contributed by atoms with van der Waals surface area (Å²) in [4.78, 5) is 4.89. The van der Waals surface area contributed by atoms with Gasteiger partial charge in [-0.05, 0) is 70.6 Å². The van der Waals surface area contributed by atoms with E-state index >= 15 is 0 Å². The molecular formula is C31H48BrN5O2. The van der Waals surface area contributed by atoms with Gasteiger partial charge in [0.15, 0.2) is 0 Å². The lowest BCUT2D eigenvalue weighted by Crippen LogP contribution is -2.44. The number of methoxy groups -OCH3 is 2. The van der Waals surface area contributed by atoms with Crippen molar-refractivity contribution >= 4 is 27.3 Å². The third-order valence-electron chi connectivity index (χ3n) is 7.14. The van der Waals surface area contributed by atoms with Crippen LogP contribution in [0.5, 0.6) is 11.5 Å². The fourth-order valence-corrected chi connectivity index (χ4v) is 5.55. The zero-order chi connectivity index (χ0) is 28.4. The van der Waals surface area contributed by atoms with Crippen molar-refractivity contribution in [3.8, 4) is 11.5 Å². The van der Waals surface area contributed by atoms with E-state index in [0.29, 0.717) is 12.7 Å². The Morgan fingerprint density at radius 1 is 1.00 bits per heavy atom. The Kier molecular flexibility index (Phi) is 12.3. The van der Waals surface area contributed by atoms with Crippen LogP contribution in [0.25, 0.3) is 5.70 Å². The summed E-state index contributed by atoms with van der Waals surface area (Å²) in [6.07, 6.45) is 6.14. The van der Waals surface area contributed by atoms with Gasteiger partial charge in [-0.25, -0.2) is 0 Å². The predicted octanol–water partition coefficient (Wildman–Crippen LogP) is 6.47. The summed E-state index contributed by atoms with van der Waals surface area (Å²) in [6, 6.07) is 12.5. The zero-order valence-corrected chi connectivity index (χ0v) is 26.5. The van der Waals surface area contributed by atoms with Crippen molar-refractivity contribution < 1.29 is 9.47 Å². The highest BCUT2D eigenvalue weighted by atomic mass is 79.9. The van der Waals surface area contributed by atoms with Crippen molar-refractivity contribution in [2.24, 2.45) is 0 Å². The largest absolute Gasteiger partial charge is 0.497 e. The molecule has 0 saturated carbocycles. The highest BCUT2D eigenvalue weighted by Crippen LogP contribution is 2.41. The molecule has 0 aliphatic carbocycles. The molecule has 0 fully saturated rings. The van der Waals surface area contributed by atoms with Crippen molar-refractivity contribution in [2.75, 3.05) is 46.7 Å². The summed E-state index contributed by atoms with van der Waals surface area (Å²) in [7, 11) is 7.68. The minimum Gasteiger partial charge on any atom is -0.497 e. The molecule has 0 radical (unpaired) electrons. The lowest BCUT2D eigenvalue weighted by molar-refractivity contribution is 0.260. The van der Waals surface area contributed by atoms with Crippen molar-refractivity contribution in [1.29, 1.82) is 0 Å². The molecule has 0 spiro atoms. The van der Waals surface area contributed by atoms with Gasteiger partial charge in [-0.15, -0.1) is 0 Å². The number of anilines is 1. The molecule has 7 nitrogen and oxygen atoms in total. The molecule has 2 aromatic rings. The van der Waals surface area contributed by atoms with Crippen molar-refractivity contribution in [3.05, 3.63) is 57.7 Å². The number of nitrogens with one attached hydrogen (secondary N) is 3. The van der Waals surface area contributed by atoms with Crippen LogP contribution in [0.4, 0.5) is 5.69 Å². The van der Waals surface area contributed by atoms with E-state index in [4.69, 9.17) is 9.47 Å². The van der Waals surface area contributed by atoms with E-state index in [-0.39, 0.29) is 6.17 Å². The average molecular weight is 603 g/mol. The minimum absolute atomic E-state index is 0.0358. The van der Waals surface area contributed by atoms with Crippen LogP contribution in [-0.2, 0) is 6.54 Å². The molecule has 2 atom stereocenters. The quantitative estimate of drug-likeness (QED) is 0.227. The average Bonchev–Trinajstić information content (AvgIpc) is 3.32. The van der Waals surface area contributed by atoms with Gasteiger partial charge in [-0.1, -0.05) is 49.2 Å². The Morgan fingerprint density at radius 3 is 2.49 bits per heavy atom. The predicted molar refractivity (Wildman–Crippen MR) is 167 cm³/mol. The van der Waals surface area contributed by atoms with E-state index in [1.54, 1.807) is 14.2 Å². The van der Waals surface area contributed by atoms with Crippen LogP contribution in [0, 0.1) is 0 Å². The molecule has 2 aliphatic heterocycles. The van der Waals surface area contributed by atoms with Gasteiger partial charge in [-0.2, -0.15) is 0 Å². The summed E-state index contributed by atoms with van der Waals surface area (Å²) in [5, 5.41) is 11.4. The summed E-state index contributed by atoms with van der Waals surface area (Å²) in [5.41, 5.74) is 6.04. The minimum atomic E-state index is -0.0358. The number of rotatable bonds is 13. The maximum absolute atomic E-state index is 5.65. The summed E-state index contributed by atoms with van der Waals surface area (Å²) < 4.78 is 12.1. The Hall–Kier alpha value is -2.42. The van der Waals surface area contributed by atoms with Crippen LogP contribution < -0.4 is 25.4 Å². The number of nitrogens with zero attached hydrogens (tertiary/aromatic N) is 2. The standard InChI is InChI=1S/C29H42BrN5O2.C2H6/c1-6-7-10-26-33-27-28(35(26)16-9-8-15-34(2)3)23-17-21(30)12-14-24(23)32-29(27)31-19-20-11-13-22(36-4)18-25(20)37-5;1-2/h11-14,17-18,26,29,31-33H,6-10,15-16,19H2,1-5H3;1-2H3. The molecule has 2 unspecified atom stereocenters. The number of fused-ring (bicyclic) bond motifs is 2. The van der Waals surface area contributed by atoms with Crippen LogP contribution in [0.2, 0.25) is 0 Å². The number of hydrogen-bond acceptors (Lipinski definition) is 7. The number of benzene rings is 2. The summed E-state index contributed by atoms with van der Waals surface area (Å²) in [6.45, 7) is 9.09. The molecule has 0 saturated heterocycles. The van der Waals surface area contributed by atoms with Gasteiger partial charge >= 0.3 is 0 Å². The number of ether oxygens (including phenoxy) is 2. The number of hydrogen-bond donors (Lipinski definition) is 3. The van der Waals surface area contributed by atoms with Crippen molar-refractivity contribution in [2.45, 2.75) is 71.8 Å². The van der Waals surface area contributed by atoms with Crippen LogP contribution >= 0.6 is 15.9 Å². The van der Waals surface area contributed by atoms with Crippen LogP contribution in [0.1, 0.15) is 64.0 Å². The smallest absolute Gasteiger partial charge is 0.127 e. The fraction of sp³-hybridized carbons (Fsp3) is 0.548. The number of halogens is 1. The third-order valence-corrected chi connectivity index (χ3v) is 7.64. The second-order valence-electron chi connectivity index (χ2n) is 10.1. The van der Waals surface area contributed by atoms with E-state index in [0.717, 1.165) is 53.2 Å².